The largest absolute Gasteiger partial charge is 0.390 e. The first kappa shape index (κ1) is 16.0. The summed E-state index contributed by atoms with van der Waals surface area (Å²) in [5.74, 6) is 0.725. The fraction of sp³-hybridized carbons (Fsp3) is 1.00. The molecule has 0 aromatic carbocycles. The Morgan fingerprint density at radius 2 is 1.50 bits per heavy atom. The third-order valence-electron chi connectivity index (χ3n) is 3.64. The van der Waals surface area contributed by atoms with E-state index >= 15 is 0 Å². The zero-order valence-electron chi connectivity index (χ0n) is 11.9. The molecule has 16 heavy (non-hydrogen) atoms. The first-order valence-corrected chi connectivity index (χ1v) is 7.34. The van der Waals surface area contributed by atoms with Crippen LogP contribution in [0.4, 0.5) is 0 Å². The molecule has 1 atom stereocenters. The molecule has 1 heteroatoms. The Kier molecular flexibility index (Phi) is 9.02. The Bertz CT molecular complexity index is 148. The fourth-order valence-electron chi connectivity index (χ4n) is 2.74. The summed E-state index contributed by atoms with van der Waals surface area (Å²) in [6.07, 6.45) is 10.3. The quantitative estimate of drug-likeness (QED) is 0.562. The maximum Gasteiger partial charge on any atom is 0.0650 e. The summed E-state index contributed by atoms with van der Waals surface area (Å²) >= 11 is 0. The molecule has 0 aliphatic rings. The van der Waals surface area contributed by atoms with Crippen LogP contribution in [-0.4, -0.2) is 10.7 Å². The lowest BCUT2D eigenvalue weighted by Crippen LogP contribution is -2.31. The van der Waals surface area contributed by atoms with Crippen LogP contribution in [0.1, 0.15) is 85.5 Å². The second-order valence-corrected chi connectivity index (χ2v) is 5.34. The van der Waals surface area contributed by atoms with E-state index in [-0.39, 0.29) is 5.60 Å². The van der Waals surface area contributed by atoms with E-state index in [0.29, 0.717) is 0 Å². The molecular weight excluding hydrogens is 196 g/mol. The fourth-order valence-corrected chi connectivity index (χ4v) is 2.74. The van der Waals surface area contributed by atoms with E-state index in [1.807, 2.05) is 0 Å². The summed E-state index contributed by atoms with van der Waals surface area (Å²) in [5, 5.41) is 10.6. The van der Waals surface area contributed by atoms with Gasteiger partial charge in [-0.3, -0.25) is 0 Å². The van der Waals surface area contributed by atoms with Crippen molar-refractivity contribution in [1.29, 1.82) is 0 Å². The standard InChI is InChI=1S/C15H32O/c1-5-9-10-14(8-4)13-15(16,11-6-2)12-7-3/h14,16H,5-13H2,1-4H3. The van der Waals surface area contributed by atoms with E-state index in [1.165, 1.54) is 25.7 Å². The van der Waals surface area contributed by atoms with E-state index in [4.69, 9.17) is 0 Å². The van der Waals surface area contributed by atoms with E-state index in [0.717, 1.165) is 38.0 Å². The van der Waals surface area contributed by atoms with Crippen molar-refractivity contribution >= 4 is 0 Å². The monoisotopic (exact) mass is 228 g/mol. The lowest BCUT2D eigenvalue weighted by molar-refractivity contribution is -0.00400. The van der Waals surface area contributed by atoms with Crippen LogP contribution in [0.2, 0.25) is 0 Å². The number of hydrogen-bond donors (Lipinski definition) is 1. The zero-order chi connectivity index (χ0) is 12.4. The molecule has 0 heterocycles. The van der Waals surface area contributed by atoms with Gasteiger partial charge in [-0.05, 0) is 25.2 Å². The van der Waals surface area contributed by atoms with Gasteiger partial charge in [0.05, 0.1) is 5.60 Å². The zero-order valence-corrected chi connectivity index (χ0v) is 11.9. The molecule has 0 saturated carbocycles. The van der Waals surface area contributed by atoms with Crippen LogP contribution in [0.3, 0.4) is 0 Å². The second-order valence-electron chi connectivity index (χ2n) is 5.34. The van der Waals surface area contributed by atoms with Crippen molar-refractivity contribution in [3.05, 3.63) is 0 Å². The number of aliphatic hydroxyl groups is 1. The van der Waals surface area contributed by atoms with Crippen molar-refractivity contribution in [1.82, 2.24) is 0 Å². The van der Waals surface area contributed by atoms with Crippen LogP contribution in [0, 0.1) is 5.92 Å². The minimum absolute atomic E-state index is 0.377. The summed E-state index contributed by atoms with van der Waals surface area (Å²) in [5.41, 5.74) is -0.377. The molecule has 0 radical (unpaired) electrons. The lowest BCUT2D eigenvalue weighted by atomic mass is 9.81. The maximum atomic E-state index is 10.6. The van der Waals surface area contributed by atoms with Crippen molar-refractivity contribution in [3.63, 3.8) is 0 Å². The normalized spacial score (nSPS) is 14.1. The van der Waals surface area contributed by atoms with Gasteiger partial charge in [-0.15, -0.1) is 0 Å². The predicted molar refractivity (Wildman–Crippen MR) is 72.7 cm³/mol. The van der Waals surface area contributed by atoms with Gasteiger partial charge in [0.1, 0.15) is 0 Å². The van der Waals surface area contributed by atoms with E-state index in [1.54, 1.807) is 0 Å². The molecule has 0 amide bonds. The first-order valence-electron chi connectivity index (χ1n) is 7.34. The number of rotatable bonds is 10. The molecule has 0 aromatic heterocycles. The average Bonchev–Trinajstić information content (AvgIpc) is 2.25. The Morgan fingerprint density at radius 3 is 1.88 bits per heavy atom. The molecule has 0 rings (SSSR count). The predicted octanol–water partition coefficient (Wildman–Crippen LogP) is 4.92. The van der Waals surface area contributed by atoms with Crippen LogP contribution in [0.5, 0.6) is 0 Å². The topological polar surface area (TPSA) is 20.2 Å². The molecular formula is C15H32O. The maximum absolute atomic E-state index is 10.6. The van der Waals surface area contributed by atoms with Crippen LogP contribution >= 0.6 is 0 Å². The number of hydrogen-bond acceptors (Lipinski definition) is 1. The van der Waals surface area contributed by atoms with Crippen molar-refractivity contribution in [2.75, 3.05) is 0 Å². The molecule has 1 N–H and O–H groups in total. The molecule has 1 nitrogen and oxygen atoms in total. The third-order valence-corrected chi connectivity index (χ3v) is 3.64. The van der Waals surface area contributed by atoms with Gasteiger partial charge < -0.3 is 5.11 Å². The molecule has 0 aliphatic heterocycles. The summed E-state index contributed by atoms with van der Waals surface area (Å²) in [7, 11) is 0. The number of unbranched alkanes of at least 4 members (excludes halogenated alkanes) is 1. The van der Waals surface area contributed by atoms with Gasteiger partial charge in [0.15, 0.2) is 0 Å². The Balaban J connectivity index is 4.21. The van der Waals surface area contributed by atoms with Gasteiger partial charge in [0, 0.05) is 0 Å². The van der Waals surface area contributed by atoms with Gasteiger partial charge in [0.25, 0.3) is 0 Å². The Labute approximate surface area is 103 Å². The Hall–Kier alpha value is -0.0400. The van der Waals surface area contributed by atoms with Crippen LogP contribution in [0.25, 0.3) is 0 Å². The molecule has 0 saturated heterocycles. The Morgan fingerprint density at radius 1 is 0.938 bits per heavy atom. The van der Waals surface area contributed by atoms with Gasteiger partial charge in [-0.1, -0.05) is 66.2 Å². The minimum Gasteiger partial charge on any atom is -0.390 e. The average molecular weight is 228 g/mol. The molecule has 0 aromatic rings. The van der Waals surface area contributed by atoms with Gasteiger partial charge >= 0.3 is 0 Å². The highest BCUT2D eigenvalue weighted by molar-refractivity contribution is 4.80. The van der Waals surface area contributed by atoms with Crippen molar-refractivity contribution < 1.29 is 5.11 Å². The highest BCUT2D eigenvalue weighted by Crippen LogP contribution is 2.31. The molecule has 0 aliphatic carbocycles. The lowest BCUT2D eigenvalue weighted by Gasteiger charge is -2.31. The second kappa shape index (κ2) is 9.04. The van der Waals surface area contributed by atoms with Crippen LogP contribution in [0.15, 0.2) is 0 Å². The minimum atomic E-state index is -0.377. The highest BCUT2D eigenvalue weighted by atomic mass is 16.3. The van der Waals surface area contributed by atoms with Crippen molar-refractivity contribution in [2.45, 2.75) is 91.1 Å². The van der Waals surface area contributed by atoms with Crippen LogP contribution in [-0.2, 0) is 0 Å². The SMILES string of the molecule is CCCCC(CC)CC(O)(CCC)CCC. The summed E-state index contributed by atoms with van der Waals surface area (Å²) in [6.45, 7) is 8.86. The summed E-state index contributed by atoms with van der Waals surface area (Å²) in [4.78, 5) is 0. The van der Waals surface area contributed by atoms with Gasteiger partial charge in [-0.2, -0.15) is 0 Å². The van der Waals surface area contributed by atoms with Crippen molar-refractivity contribution in [2.24, 2.45) is 5.92 Å². The molecule has 1 unspecified atom stereocenters. The van der Waals surface area contributed by atoms with E-state index < -0.39 is 0 Å². The van der Waals surface area contributed by atoms with E-state index in [9.17, 15) is 5.11 Å². The molecule has 98 valence electrons. The summed E-state index contributed by atoms with van der Waals surface area (Å²) in [6, 6.07) is 0. The molecule has 0 fully saturated rings. The smallest absolute Gasteiger partial charge is 0.0650 e. The highest BCUT2D eigenvalue weighted by Gasteiger charge is 2.27. The van der Waals surface area contributed by atoms with Gasteiger partial charge in [-0.25, -0.2) is 0 Å². The third kappa shape index (κ3) is 6.52. The first-order chi connectivity index (χ1) is 7.61. The van der Waals surface area contributed by atoms with E-state index in [2.05, 4.69) is 27.7 Å². The van der Waals surface area contributed by atoms with Crippen molar-refractivity contribution in [3.8, 4) is 0 Å². The summed E-state index contributed by atoms with van der Waals surface area (Å²) < 4.78 is 0. The van der Waals surface area contributed by atoms with Gasteiger partial charge in [0.2, 0.25) is 0 Å². The molecule has 0 spiro atoms. The molecule has 0 bridgehead atoms. The van der Waals surface area contributed by atoms with Crippen LogP contribution < -0.4 is 0 Å².